The number of rotatable bonds is 3. The molecule has 12 heavy (non-hydrogen) atoms. The molecule has 0 radical (unpaired) electrons. The van der Waals surface area contributed by atoms with Crippen LogP contribution in [0.25, 0.3) is 0 Å². The van der Waals surface area contributed by atoms with Gasteiger partial charge in [-0.05, 0) is 6.42 Å². The Morgan fingerprint density at radius 1 is 1.58 bits per heavy atom. The van der Waals surface area contributed by atoms with Crippen LogP contribution in [0.1, 0.15) is 12.8 Å². The van der Waals surface area contributed by atoms with Crippen molar-refractivity contribution in [3.8, 4) is 0 Å². The van der Waals surface area contributed by atoms with Gasteiger partial charge >= 0.3 is 0 Å². The molecular weight excluding hydrogens is 162 g/mol. The lowest BCUT2D eigenvalue weighted by Crippen LogP contribution is -2.45. The molecule has 1 rings (SSSR count). The van der Waals surface area contributed by atoms with Gasteiger partial charge in [0.2, 0.25) is 5.91 Å². The molecule has 1 heterocycles. The fraction of sp³-hybridized carbons (Fsp3) is 0.857. The minimum absolute atomic E-state index is 0.121. The van der Waals surface area contributed by atoms with Crippen LogP contribution < -0.4 is 5.32 Å². The number of aliphatic hydroxyl groups is 3. The van der Waals surface area contributed by atoms with Gasteiger partial charge in [-0.25, -0.2) is 0 Å². The summed E-state index contributed by atoms with van der Waals surface area (Å²) >= 11 is 0. The lowest BCUT2D eigenvalue weighted by atomic mass is 10.0. The zero-order valence-electron chi connectivity index (χ0n) is 6.60. The van der Waals surface area contributed by atoms with Gasteiger partial charge in [0, 0.05) is 6.42 Å². The van der Waals surface area contributed by atoms with Crippen molar-refractivity contribution < 1.29 is 20.1 Å². The van der Waals surface area contributed by atoms with Gasteiger partial charge in [0.15, 0.2) is 0 Å². The fourth-order valence-electron chi connectivity index (χ4n) is 1.27. The summed E-state index contributed by atoms with van der Waals surface area (Å²) in [6.45, 7) is -0.493. The smallest absolute Gasteiger partial charge is 0.220 e. The molecule has 0 aromatic carbocycles. The molecule has 0 aromatic heterocycles. The van der Waals surface area contributed by atoms with Gasteiger partial charge in [-0.15, -0.1) is 0 Å². The van der Waals surface area contributed by atoms with Crippen LogP contribution in [-0.2, 0) is 4.79 Å². The van der Waals surface area contributed by atoms with Crippen molar-refractivity contribution in [2.24, 2.45) is 0 Å². The second kappa shape index (κ2) is 3.84. The van der Waals surface area contributed by atoms with E-state index in [1.807, 2.05) is 0 Å². The van der Waals surface area contributed by atoms with Crippen LogP contribution in [0.5, 0.6) is 0 Å². The molecule has 0 spiro atoms. The lowest BCUT2D eigenvalue weighted by molar-refractivity contribution is -0.120. The Labute approximate surface area is 70.0 Å². The molecule has 5 nitrogen and oxygen atoms in total. The van der Waals surface area contributed by atoms with Crippen LogP contribution in [-0.4, -0.2) is 46.1 Å². The van der Waals surface area contributed by atoms with Crippen molar-refractivity contribution in [2.45, 2.75) is 31.1 Å². The third kappa shape index (κ3) is 1.94. The lowest BCUT2D eigenvalue weighted by Gasteiger charge is -2.21. The predicted molar refractivity (Wildman–Crippen MR) is 40.3 cm³/mol. The van der Waals surface area contributed by atoms with Crippen molar-refractivity contribution in [3.63, 3.8) is 0 Å². The van der Waals surface area contributed by atoms with Crippen molar-refractivity contribution in [2.75, 3.05) is 6.61 Å². The third-order valence-corrected chi connectivity index (χ3v) is 2.02. The molecule has 0 bridgehead atoms. The summed E-state index contributed by atoms with van der Waals surface area (Å²) < 4.78 is 0. The molecular formula is C7H13NO4. The molecule has 1 fully saturated rings. The number of nitrogens with one attached hydrogen (secondary N) is 1. The number of carbonyl (C=O) groups excluding carboxylic acids is 1. The van der Waals surface area contributed by atoms with E-state index < -0.39 is 24.9 Å². The van der Waals surface area contributed by atoms with Gasteiger partial charge in [0.05, 0.1) is 12.6 Å². The molecule has 70 valence electrons. The number of carbonyl (C=O) groups is 1. The fourth-order valence-corrected chi connectivity index (χ4v) is 1.27. The molecule has 1 aliphatic heterocycles. The summed E-state index contributed by atoms with van der Waals surface area (Å²) in [6, 6.07) is -0.417. The summed E-state index contributed by atoms with van der Waals surface area (Å²) in [5.41, 5.74) is 0. The first kappa shape index (κ1) is 9.44. The Kier molecular flexibility index (Phi) is 3.02. The van der Waals surface area contributed by atoms with Crippen LogP contribution >= 0.6 is 0 Å². The highest BCUT2D eigenvalue weighted by molar-refractivity contribution is 5.78. The highest BCUT2D eigenvalue weighted by Crippen LogP contribution is 2.12. The molecule has 0 aliphatic carbocycles. The van der Waals surface area contributed by atoms with Gasteiger partial charge in [-0.2, -0.15) is 0 Å². The van der Waals surface area contributed by atoms with Crippen LogP contribution in [0.3, 0.4) is 0 Å². The second-order valence-corrected chi connectivity index (χ2v) is 2.95. The maximum absolute atomic E-state index is 10.7. The maximum atomic E-state index is 10.7. The zero-order chi connectivity index (χ0) is 9.14. The quantitative estimate of drug-likeness (QED) is 0.398. The first-order valence-electron chi connectivity index (χ1n) is 3.91. The van der Waals surface area contributed by atoms with E-state index in [1.54, 1.807) is 0 Å². The Morgan fingerprint density at radius 2 is 2.25 bits per heavy atom. The van der Waals surface area contributed by atoms with E-state index in [0.717, 1.165) is 0 Å². The molecule has 1 aliphatic rings. The largest absolute Gasteiger partial charge is 0.394 e. The SMILES string of the molecule is O=C1CC[C@H]([C@H](O)[C@H](O)CO)N1. The first-order chi connectivity index (χ1) is 5.65. The molecule has 0 saturated carbocycles. The molecule has 5 heteroatoms. The van der Waals surface area contributed by atoms with Crippen LogP contribution in [0, 0.1) is 0 Å². The summed E-state index contributed by atoms with van der Waals surface area (Å²) in [7, 11) is 0. The van der Waals surface area contributed by atoms with Crippen LogP contribution in [0.15, 0.2) is 0 Å². The topological polar surface area (TPSA) is 89.8 Å². The number of hydrogen-bond donors (Lipinski definition) is 4. The van der Waals surface area contributed by atoms with E-state index in [-0.39, 0.29) is 5.91 Å². The van der Waals surface area contributed by atoms with E-state index in [0.29, 0.717) is 12.8 Å². The first-order valence-corrected chi connectivity index (χ1v) is 3.91. The average molecular weight is 175 g/mol. The Bertz CT molecular complexity index is 173. The van der Waals surface area contributed by atoms with E-state index in [1.165, 1.54) is 0 Å². The summed E-state index contributed by atoms with van der Waals surface area (Å²) in [5, 5.41) is 29.3. The van der Waals surface area contributed by atoms with Crippen molar-refractivity contribution in [3.05, 3.63) is 0 Å². The third-order valence-electron chi connectivity index (χ3n) is 2.02. The normalized spacial score (nSPS) is 28.2. The molecule has 1 amide bonds. The Balaban J connectivity index is 2.42. The van der Waals surface area contributed by atoms with Crippen LogP contribution in [0.4, 0.5) is 0 Å². The summed E-state index contributed by atoms with van der Waals surface area (Å²) in [6.07, 6.45) is -1.36. The van der Waals surface area contributed by atoms with E-state index >= 15 is 0 Å². The van der Waals surface area contributed by atoms with Crippen LogP contribution in [0.2, 0.25) is 0 Å². The molecule has 3 atom stereocenters. The molecule has 0 unspecified atom stereocenters. The molecule has 0 aromatic rings. The Morgan fingerprint density at radius 3 is 2.67 bits per heavy atom. The number of amides is 1. The van der Waals surface area contributed by atoms with Crippen molar-refractivity contribution in [1.29, 1.82) is 0 Å². The van der Waals surface area contributed by atoms with E-state index in [2.05, 4.69) is 5.32 Å². The highest BCUT2D eigenvalue weighted by Gasteiger charge is 2.31. The number of hydrogen-bond acceptors (Lipinski definition) is 4. The molecule has 4 N–H and O–H groups in total. The standard InChI is InChI=1S/C7H13NO4/c9-3-5(10)7(12)4-1-2-6(11)8-4/h4-5,7,9-10,12H,1-3H2,(H,8,11)/t4-,5-,7+/m1/s1. The Hall–Kier alpha value is -0.650. The van der Waals surface area contributed by atoms with Gasteiger partial charge in [-0.1, -0.05) is 0 Å². The van der Waals surface area contributed by atoms with Gasteiger partial charge < -0.3 is 20.6 Å². The summed E-state index contributed by atoms with van der Waals surface area (Å²) in [4.78, 5) is 10.7. The minimum Gasteiger partial charge on any atom is -0.394 e. The monoisotopic (exact) mass is 175 g/mol. The van der Waals surface area contributed by atoms with E-state index in [9.17, 15) is 9.90 Å². The van der Waals surface area contributed by atoms with Gasteiger partial charge in [0.1, 0.15) is 12.2 Å². The molecule has 1 saturated heterocycles. The van der Waals surface area contributed by atoms with Gasteiger partial charge in [0.25, 0.3) is 0 Å². The van der Waals surface area contributed by atoms with Crippen molar-refractivity contribution in [1.82, 2.24) is 5.32 Å². The second-order valence-electron chi connectivity index (χ2n) is 2.95. The van der Waals surface area contributed by atoms with Crippen molar-refractivity contribution >= 4 is 5.91 Å². The van der Waals surface area contributed by atoms with E-state index in [4.69, 9.17) is 10.2 Å². The predicted octanol–water partition coefficient (Wildman–Crippen LogP) is -2.02. The maximum Gasteiger partial charge on any atom is 0.220 e. The zero-order valence-corrected chi connectivity index (χ0v) is 6.60. The number of aliphatic hydroxyl groups excluding tert-OH is 3. The summed E-state index contributed by atoms with van der Waals surface area (Å²) in [5.74, 6) is -0.121. The average Bonchev–Trinajstić information content (AvgIpc) is 2.49. The highest BCUT2D eigenvalue weighted by atomic mass is 16.4. The van der Waals surface area contributed by atoms with Gasteiger partial charge in [-0.3, -0.25) is 4.79 Å². The minimum atomic E-state index is -1.17.